The number of allylic oxidation sites excluding steroid dienone is 1. The molecule has 0 bridgehead atoms. The number of rotatable bonds is 6. The highest BCUT2D eigenvalue weighted by atomic mass is 16.5. The number of piperazine rings is 1. The van der Waals surface area contributed by atoms with Gasteiger partial charge in [0.1, 0.15) is 6.10 Å². The Morgan fingerprint density at radius 3 is 2.77 bits per heavy atom. The Labute approximate surface area is 155 Å². The van der Waals surface area contributed by atoms with Gasteiger partial charge >= 0.3 is 0 Å². The van der Waals surface area contributed by atoms with Crippen LogP contribution in [0.1, 0.15) is 24.0 Å². The fraction of sp³-hybridized carbons (Fsp3) is 0.550. The first-order valence-corrected chi connectivity index (χ1v) is 9.24. The van der Waals surface area contributed by atoms with Gasteiger partial charge in [-0.05, 0) is 30.9 Å². The van der Waals surface area contributed by atoms with Crippen LogP contribution in [0, 0.1) is 0 Å². The number of carbonyl (C=O) groups is 1. The fourth-order valence-corrected chi connectivity index (χ4v) is 3.63. The molecule has 1 atom stereocenters. The van der Waals surface area contributed by atoms with Crippen LogP contribution in [-0.4, -0.2) is 66.8 Å². The lowest BCUT2D eigenvalue weighted by Gasteiger charge is -2.36. The van der Waals surface area contributed by atoms with Crippen LogP contribution in [0.2, 0.25) is 0 Å². The van der Waals surface area contributed by atoms with Crippen LogP contribution in [-0.2, 0) is 22.5 Å². The molecule has 2 aliphatic heterocycles. The molecule has 0 aromatic heterocycles. The normalized spacial score (nSPS) is 21.0. The number of phenols is 1. The Hall–Kier alpha value is -2.05. The van der Waals surface area contributed by atoms with Gasteiger partial charge in [-0.3, -0.25) is 9.69 Å². The lowest BCUT2D eigenvalue weighted by Crippen LogP contribution is -2.51. The molecule has 2 fully saturated rings. The van der Waals surface area contributed by atoms with Crippen molar-refractivity contribution in [1.82, 2.24) is 9.80 Å². The van der Waals surface area contributed by atoms with E-state index >= 15 is 0 Å². The van der Waals surface area contributed by atoms with Crippen LogP contribution in [0.5, 0.6) is 11.5 Å². The predicted octanol–water partition coefficient (Wildman–Crippen LogP) is 1.95. The van der Waals surface area contributed by atoms with Crippen molar-refractivity contribution in [1.29, 1.82) is 0 Å². The Balaban J connectivity index is 1.61. The quantitative estimate of drug-likeness (QED) is 0.786. The van der Waals surface area contributed by atoms with Crippen molar-refractivity contribution < 1.29 is 19.4 Å². The van der Waals surface area contributed by atoms with Crippen molar-refractivity contribution in [3.63, 3.8) is 0 Å². The SMILES string of the molecule is C=CCc1cc(CN2CCN(C(=O)[C@H]3CCCO3)CC2)c(O)c(OC)c1. The van der Waals surface area contributed by atoms with Crippen LogP contribution >= 0.6 is 0 Å². The van der Waals surface area contributed by atoms with Crippen molar-refractivity contribution in [2.75, 3.05) is 39.9 Å². The average Bonchev–Trinajstić information content (AvgIpc) is 3.19. The summed E-state index contributed by atoms with van der Waals surface area (Å²) >= 11 is 0. The minimum Gasteiger partial charge on any atom is -0.504 e. The Morgan fingerprint density at radius 1 is 1.38 bits per heavy atom. The molecular weight excluding hydrogens is 332 g/mol. The number of ether oxygens (including phenoxy) is 2. The molecule has 142 valence electrons. The summed E-state index contributed by atoms with van der Waals surface area (Å²) in [6.45, 7) is 8.06. The van der Waals surface area contributed by atoms with Gasteiger partial charge in [-0.25, -0.2) is 0 Å². The van der Waals surface area contributed by atoms with E-state index in [1.807, 2.05) is 23.1 Å². The molecule has 0 aliphatic carbocycles. The molecule has 6 nitrogen and oxygen atoms in total. The van der Waals surface area contributed by atoms with E-state index in [0.717, 1.165) is 43.5 Å². The van der Waals surface area contributed by atoms with E-state index < -0.39 is 0 Å². The number of phenolic OH excluding ortho intramolecular Hbond substituents is 1. The number of nitrogens with zero attached hydrogens (tertiary/aromatic N) is 2. The molecule has 6 heteroatoms. The molecule has 2 aliphatic rings. The molecule has 1 N–H and O–H groups in total. The molecule has 1 aromatic rings. The largest absolute Gasteiger partial charge is 0.504 e. The first-order chi connectivity index (χ1) is 12.6. The maximum atomic E-state index is 12.4. The molecular formula is C20H28N2O4. The van der Waals surface area contributed by atoms with Gasteiger partial charge in [0.05, 0.1) is 7.11 Å². The van der Waals surface area contributed by atoms with Crippen LogP contribution in [0.4, 0.5) is 0 Å². The zero-order valence-corrected chi connectivity index (χ0v) is 15.4. The average molecular weight is 360 g/mol. The van der Waals surface area contributed by atoms with Crippen molar-refractivity contribution in [3.8, 4) is 11.5 Å². The topological polar surface area (TPSA) is 62.2 Å². The summed E-state index contributed by atoms with van der Waals surface area (Å²) in [5.74, 6) is 0.810. The van der Waals surface area contributed by atoms with E-state index in [-0.39, 0.29) is 17.8 Å². The number of aromatic hydroxyl groups is 1. The van der Waals surface area contributed by atoms with Gasteiger partial charge in [0, 0.05) is 44.9 Å². The number of carbonyl (C=O) groups excluding carboxylic acids is 1. The molecule has 26 heavy (non-hydrogen) atoms. The number of methoxy groups -OCH3 is 1. The zero-order chi connectivity index (χ0) is 18.5. The molecule has 1 amide bonds. The van der Waals surface area contributed by atoms with Gasteiger partial charge < -0.3 is 19.5 Å². The predicted molar refractivity (Wildman–Crippen MR) is 99.4 cm³/mol. The molecule has 1 aromatic carbocycles. The van der Waals surface area contributed by atoms with Crippen molar-refractivity contribution >= 4 is 5.91 Å². The molecule has 3 rings (SSSR count). The second-order valence-corrected chi connectivity index (χ2v) is 6.90. The lowest BCUT2D eigenvalue weighted by atomic mass is 10.0. The zero-order valence-electron chi connectivity index (χ0n) is 15.4. The van der Waals surface area contributed by atoms with E-state index in [9.17, 15) is 9.90 Å². The standard InChI is InChI=1S/C20H28N2O4/c1-3-5-15-12-16(19(23)18(13-15)25-2)14-21-7-9-22(10-8-21)20(24)17-6-4-11-26-17/h3,12-13,17,23H,1,4-11,14H2,2H3/t17-/m1/s1. The third-order valence-electron chi connectivity index (χ3n) is 5.10. The fourth-order valence-electron chi connectivity index (χ4n) is 3.63. The third kappa shape index (κ3) is 4.19. The Kier molecular flexibility index (Phi) is 6.16. The van der Waals surface area contributed by atoms with E-state index in [4.69, 9.17) is 9.47 Å². The molecule has 2 saturated heterocycles. The van der Waals surface area contributed by atoms with E-state index in [1.54, 1.807) is 7.11 Å². The highest BCUT2D eigenvalue weighted by Gasteiger charge is 2.30. The summed E-state index contributed by atoms with van der Waals surface area (Å²) in [5, 5.41) is 10.4. The molecule has 0 saturated carbocycles. The second kappa shape index (κ2) is 8.56. The molecule has 0 unspecified atom stereocenters. The van der Waals surface area contributed by atoms with Crippen LogP contribution in [0.15, 0.2) is 24.8 Å². The molecule has 0 radical (unpaired) electrons. The van der Waals surface area contributed by atoms with Crippen molar-refractivity contribution in [3.05, 3.63) is 35.9 Å². The van der Waals surface area contributed by atoms with Gasteiger partial charge in [0.25, 0.3) is 5.91 Å². The highest BCUT2D eigenvalue weighted by Crippen LogP contribution is 2.33. The number of benzene rings is 1. The van der Waals surface area contributed by atoms with Gasteiger partial charge in [-0.15, -0.1) is 6.58 Å². The number of amides is 1. The van der Waals surface area contributed by atoms with Crippen molar-refractivity contribution in [2.45, 2.75) is 31.9 Å². The van der Waals surface area contributed by atoms with Gasteiger partial charge in [-0.1, -0.05) is 12.1 Å². The van der Waals surface area contributed by atoms with E-state index in [1.165, 1.54) is 0 Å². The first kappa shape index (κ1) is 18.7. The molecule has 2 heterocycles. The third-order valence-corrected chi connectivity index (χ3v) is 5.10. The van der Waals surface area contributed by atoms with Gasteiger partial charge in [0.15, 0.2) is 11.5 Å². The minimum absolute atomic E-state index is 0.125. The highest BCUT2D eigenvalue weighted by molar-refractivity contribution is 5.81. The van der Waals surface area contributed by atoms with E-state index in [2.05, 4.69) is 11.5 Å². The summed E-state index contributed by atoms with van der Waals surface area (Å²) in [6, 6.07) is 3.85. The summed E-state index contributed by atoms with van der Waals surface area (Å²) < 4.78 is 10.8. The minimum atomic E-state index is -0.245. The maximum Gasteiger partial charge on any atom is 0.251 e. The summed E-state index contributed by atoms with van der Waals surface area (Å²) in [6.07, 6.45) is 4.13. The summed E-state index contributed by atoms with van der Waals surface area (Å²) in [4.78, 5) is 16.6. The van der Waals surface area contributed by atoms with Crippen LogP contribution < -0.4 is 4.74 Å². The summed E-state index contributed by atoms with van der Waals surface area (Å²) in [7, 11) is 1.56. The van der Waals surface area contributed by atoms with Crippen LogP contribution in [0.3, 0.4) is 0 Å². The summed E-state index contributed by atoms with van der Waals surface area (Å²) in [5.41, 5.74) is 1.91. The smallest absolute Gasteiger partial charge is 0.251 e. The first-order valence-electron chi connectivity index (χ1n) is 9.24. The maximum absolute atomic E-state index is 12.4. The Morgan fingerprint density at radius 2 is 2.15 bits per heavy atom. The number of hydrogen-bond acceptors (Lipinski definition) is 5. The van der Waals surface area contributed by atoms with Gasteiger partial charge in [-0.2, -0.15) is 0 Å². The van der Waals surface area contributed by atoms with Crippen molar-refractivity contribution in [2.24, 2.45) is 0 Å². The van der Waals surface area contributed by atoms with Crippen LogP contribution in [0.25, 0.3) is 0 Å². The lowest BCUT2D eigenvalue weighted by molar-refractivity contribution is -0.142. The Bertz CT molecular complexity index is 647. The van der Waals surface area contributed by atoms with Gasteiger partial charge in [0.2, 0.25) is 0 Å². The second-order valence-electron chi connectivity index (χ2n) is 6.90. The number of hydrogen-bond donors (Lipinski definition) is 1. The molecule has 0 spiro atoms. The monoisotopic (exact) mass is 360 g/mol. The van der Waals surface area contributed by atoms with E-state index in [0.29, 0.717) is 32.0 Å².